The van der Waals surface area contributed by atoms with E-state index in [1.54, 1.807) is 0 Å². The summed E-state index contributed by atoms with van der Waals surface area (Å²) >= 11 is 8.87. The zero-order chi connectivity index (χ0) is 13.3. The lowest BCUT2D eigenvalue weighted by molar-refractivity contribution is 0.595. The van der Waals surface area contributed by atoms with E-state index in [1.807, 2.05) is 0 Å². The van der Waals surface area contributed by atoms with Crippen molar-refractivity contribution in [1.29, 1.82) is 0 Å². The van der Waals surface area contributed by atoms with Gasteiger partial charge in [-0.3, -0.25) is 4.72 Å². The molecule has 0 bridgehead atoms. The van der Waals surface area contributed by atoms with E-state index >= 15 is 0 Å². The molecule has 1 aromatic carbocycles. The molecule has 1 N–H and O–H groups in total. The van der Waals surface area contributed by atoms with Crippen molar-refractivity contribution in [2.24, 2.45) is 0 Å². The van der Waals surface area contributed by atoms with Crippen LogP contribution in [0.3, 0.4) is 0 Å². The molecule has 0 saturated carbocycles. The minimum atomic E-state index is -3.92. The molecule has 9 heteroatoms. The average molecular weight is 363 g/mol. The number of anilines is 1. The van der Waals surface area contributed by atoms with Crippen molar-refractivity contribution < 1.29 is 16.8 Å². The Kier molecular flexibility index (Phi) is 4.45. The lowest BCUT2D eigenvalue weighted by Gasteiger charge is -2.07. The average Bonchev–Trinajstić information content (AvgIpc) is 2.06. The maximum atomic E-state index is 11.5. The maximum absolute atomic E-state index is 11.5. The molecule has 1 rings (SSSR count). The van der Waals surface area contributed by atoms with Crippen molar-refractivity contribution in [3.8, 4) is 0 Å². The van der Waals surface area contributed by atoms with Gasteiger partial charge in [-0.25, -0.2) is 16.8 Å². The quantitative estimate of drug-likeness (QED) is 0.886. The Bertz CT molecular complexity index is 627. The Balaban J connectivity index is 2.95. The molecular weight excluding hydrogens is 354 g/mol. The number of hydrogen-bond acceptors (Lipinski definition) is 4. The van der Waals surface area contributed by atoms with Crippen molar-refractivity contribution in [2.75, 3.05) is 16.1 Å². The Morgan fingerprint density at radius 3 is 2.35 bits per heavy atom. The molecule has 1 aromatic rings. The molecule has 0 aromatic heterocycles. The first-order valence-corrected chi connectivity index (χ1v) is 9.11. The van der Waals surface area contributed by atoms with Crippen LogP contribution in [0.2, 0.25) is 5.02 Å². The highest BCUT2D eigenvalue weighted by molar-refractivity contribution is 9.10. The zero-order valence-electron chi connectivity index (χ0n) is 8.64. The fraction of sp³-hybridized carbons (Fsp3) is 0.250. The van der Waals surface area contributed by atoms with Crippen LogP contribution in [-0.2, 0) is 19.9 Å². The van der Waals surface area contributed by atoms with Gasteiger partial charge in [-0.05, 0) is 34.1 Å². The zero-order valence-corrected chi connectivity index (χ0v) is 12.6. The number of nitrogens with one attached hydrogen (secondary N) is 1. The fourth-order valence-corrected chi connectivity index (χ4v) is 4.52. The smallest absolute Gasteiger partial charge is 0.247 e. The predicted octanol–water partition coefficient (Wildman–Crippen LogP) is 1.85. The van der Waals surface area contributed by atoms with Crippen LogP contribution in [-0.4, -0.2) is 28.2 Å². The van der Waals surface area contributed by atoms with Crippen LogP contribution in [0, 0.1) is 0 Å². The minimum Gasteiger partial charge on any atom is -0.283 e. The summed E-state index contributed by atoms with van der Waals surface area (Å²) in [6, 6.07) is 4.37. The molecule has 96 valence electrons. The first kappa shape index (κ1) is 14.7. The molecular formula is C8H9BrClNO4S2. The Morgan fingerprint density at radius 2 is 1.88 bits per heavy atom. The number of benzene rings is 1. The molecule has 0 saturated heterocycles. The van der Waals surface area contributed by atoms with Crippen LogP contribution in [0.25, 0.3) is 0 Å². The highest BCUT2D eigenvalue weighted by Gasteiger charge is 2.18. The third-order valence-electron chi connectivity index (χ3n) is 1.56. The molecule has 0 radical (unpaired) electrons. The summed E-state index contributed by atoms with van der Waals surface area (Å²) in [5.41, 5.74) is 0.241. The second kappa shape index (κ2) is 5.13. The highest BCUT2D eigenvalue weighted by Crippen LogP contribution is 2.26. The van der Waals surface area contributed by atoms with Crippen LogP contribution >= 0.6 is 27.5 Å². The van der Waals surface area contributed by atoms with Crippen LogP contribution < -0.4 is 4.72 Å². The van der Waals surface area contributed by atoms with E-state index in [1.165, 1.54) is 18.2 Å². The van der Waals surface area contributed by atoms with Gasteiger partial charge in [0.15, 0.2) is 14.9 Å². The van der Waals surface area contributed by atoms with E-state index in [2.05, 4.69) is 20.7 Å². The highest BCUT2D eigenvalue weighted by atomic mass is 79.9. The molecule has 0 amide bonds. The Morgan fingerprint density at radius 1 is 1.29 bits per heavy atom. The lowest BCUT2D eigenvalue weighted by Crippen LogP contribution is -2.22. The Hall–Kier alpha value is -0.310. The minimum absolute atomic E-state index is 0.241. The van der Waals surface area contributed by atoms with Gasteiger partial charge in [-0.1, -0.05) is 11.6 Å². The molecule has 0 unspecified atom stereocenters. The number of halogens is 2. The van der Waals surface area contributed by atoms with Gasteiger partial charge < -0.3 is 0 Å². The summed E-state index contributed by atoms with van der Waals surface area (Å²) in [5.74, 6) is 0. The van der Waals surface area contributed by atoms with E-state index in [0.717, 1.165) is 6.26 Å². The van der Waals surface area contributed by atoms with E-state index in [9.17, 15) is 16.8 Å². The SMILES string of the molecule is CS(=O)(=O)CS(=O)(=O)Nc1ccc(Cl)c(Br)c1. The first-order valence-electron chi connectivity index (χ1n) is 4.22. The molecule has 0 aliphatic rings. The van der Waals surface area contributed by atoms with Gasteiger partial charge in [0.2, 0.25) is 10.0 Å². The molecule has 0 spiro atoms. The number of rotatable bonds is 4. The summed E-state index contributed by atoms with van der Waals surface area (Å²) in [7, 11) is -7.53. The van der Waals surface area contributed by atoms with Crippen LogP contribution in [0.5, 0.6) is 0 Å². The summed E-state index contributed by atoms with van der Waals surface area (Å²) in [6.45, 7) is 0. The molecule has 17 heavy (non-hydrogen) atoms. The summed E-state index contributed by atoms with van der Waals surface area (Å²) < 4.78 is 47.4. The van der Waals surface area contributed by atoms with Crippen molar-refractivity contribution in [2.45, 2.75) is 0 Å². The maximum Gasteiger partial charge on any atom is 0.247 e. The van der Waals surface area contributed by atoms with E-state index < -0.39 is 24.9 Å². The lowest BCUT2D eigenvalue weighted by atomic mass is 10.3. The first-order chi connectivity index (χ1) is 7.59. The number of sulfonamides is 1. The monoisotopic (exact) mass is 361 g/mol. The van der Waals surface area contributed by atoms with Crippen molar-refractivity contribution in [1.82, 2.24) is 0 Å². The molecule has 0 aliphatic carbocycles. The summed E-state index contributed by atoms with van der Waals surface area (Å²) in [4.78, 5) is 0. The van der Waals surface area contributed by atoms with Gasteiger partial charge in [0.1, 0.15) is 0 Å². The van der Waals surface area contributed by atoms with Crippen molar-refractivity contribution >= 4 is 53.1 Å². The number of sulfone groups is 1. The standard InChI is InChI=1S/C8H9BrClNO4S2/c1-16(12,13)5-17(14,15)11-6-2-3-8(10)7(9)4-6/h2-4,11H,5H2,1H3. The van der Waals surface area contributed by atoms with Gasteiger partial charge in [0, 0.05) is 16.4 Å². The Labute approximate surface area is 113 Å². The second-order valence-electron chi connectivity index (χ2n) is 3.39. The molecule has 5 nitrogen and oxygen atoms in total. The van der Waals surface area contributed by atoms with Crippen molar-refractivity contribution in [3.63, 3.8) is 0 Å². The van der Waals surface area contributed by atoms with Gasteiger partial charge in [0.25, 0.3) is 0 Å². The largest absolute Gasteiger partial charge is 0.283 e. The van der Waals surface area contributed by atoms with E-state index in [4.69, 9.17) is 11.6 Å². The van der Waals surface area contributed by atoms with Crippen molar-refractivity contribution in [3.05, 3.63) is 27.7 Å². The van der Waals surface area contributed by atoms with Gasteiger partial charge in [-0.2, -0.15) is 0 Å². The van der Waals surface area contributed by atoms with Gasteiger partial charge in [0.05, 0.1) is 5.02 Å². The predicted molar refractivity (Wildman–Crippen MR) is 71.4 cm³/mol. The third-order valence-corrected chi connectivity index (χ3v) is 6.28. The second-order valence-corrected chi connectivity index (χ2v) is 8.88. The molecule has 0 fully saturated rings. The molecule has 0 aliphatic heterocycles. The fourth-order valence-electron chi connectivity index (χ4n) is 1.05. The summed E-state index contributed by atoms with van der Waals surface area (Å²) in [5, 5.41) is -0.531. The normalized spacial score (nSPS) is 12.4. The third kappa shape index (κ3) is 5.24. The van der Waals surface area contributed by atoms with Crippen LogP contribution in [0.15, 0.2) is 22.7 Å². The summed E-state index contributed by atoms with van der Waals surface area (Å²) in [6.07, 6.45) is 0.851. The molecule has 0 atom stereocenters. The van der Waals surface area contributed by atoms with E-state index in [0.29, 0.717) is 9.50 Å². The van der Waals surface area contributed by atoms with Gasteiger partial charge in [-0.15, -0.1) is 0 Å². The van der Waals surface area contributed by atoms with Crippen LogP contribution in [0.4, 0.5) is 5.69 Å². The van der Waals surface area contributed by atoms with Crippen LogP contribution in [0.1, 0.15) is 0 Å². The topological polar surface area (TPSA) is 80.3 Å². The van der Waals surface area contributed by atoms with E-state index in [-0.39, 0.29) is 5.69 Å². The molecule has 0 heterocycles. The number of hydrogen-bond donors (Lipinski definition) is 1. The van der Waals surface area contributed by atoms with Gasteiger partial charge >= 0.3 is 0 Å².